The van der Waals surface area contributed by atoms with Crippen molar-refractivity contribution in [3.63, 3.8) is 0 Å². The Kier molecular flexibility index (Phi) is 6.70. The SMILES string of the molecule is C[C@@H](c1cccc([N+](=O)[O-])c1)N(C)CC(=O)NCCN1C(=O)CSC1=O. The summed E-state index contributed by atoms with van der Waals surface area (Å²) in [6.45, 7) is 2.28. The van der Waals surface area contributed by atoms with E-state index in [4.69, 9.17) is 0 Å². The number of nitrogens with one attached hydrogen (secondary N) is 1. The summed E-state index contributed by atoms with van der Waals surface area (Å²) in [5.74, 6) is -0.349. The number of thioether (sulfide) groups is 1. The molecule has 26 heavy (non-hydrogen) atoms. The second-order valence-electron chi connectivity index (χ2n) is 5.89. The van der Waals surface area contributed by atoms with Crippen molar-refractivity contribution in [3.05, 3.63) is 39.9 Å². The van der Waals surface area contributed by atoms with Crippen molar-refractivity contribution < 1.29 is 19.3 Å². The van der Waals surface area contributed by atoms with Crippen molar-refractivity contribution in [2.75, 3.05) is 32.4 Å². The highest BCUT2D eigenvalue weighted by atomic mass is 32.2. The minimum absolute atomic E-state index is 0.00465. The predicted molar refractivity (Wildman–Crippen MR) is 96.7 cm³/mol. The fraction of sp³-hybridized carbons (Fsp3) is 0.438. The lowest BCUT2D eigenvalue weighted by Crippen LogP contribution is -2.41. The zero-order valence-electron chi connectivity index (χ0n) is 14.5. The first kappa shape index (κ1) is 19.9. The maximum absolute atomic E-state index is 12.0. The third-order valence-corrected chi connectivity index (χ3v) is 4.97. The average molecular weight is 380 g/mol. The smallest absolute Gasteiger partial charge is 0.288 e. The zero-order chi connectivity index (χ0) is 19.3. The van der Waals surface area contributed by atoms with Crippen molar-refractivity contribution in [1.82, 2.24) is 15.1 Å². The van der Waals surface area contributed by atoms with E-state index >= 15 is 0 Å². The molecule has 1 fully saturated rings. The number of nitrogens with zero attached hydrogens (tertiary/aromatic N) is 3. The van der Waals surface area contributed by atoms with Crippen LogP contribution in [-0.4, -0.2) is 64.2 Å². The molecular weight excluding hydrogens is 360 g/mol. The molecule has 2 rings (SSSR count). The van der Waals surface area contributed by atoms with Gasteiger partial charge in [0.1, 0.15) is 0 Å². The average Bonchev–Trinajstić information content (AvgIpc) is 2.93. The van der Waals surface area contributed by atoms with Crippen LogP contribution in [0.2, 0.25) is 0 Å². The van der Waals surface area contributed by atoms with Crippen LogP contribution in [-0.2, 0) is 9.59 Å². The molecule has 0 aromatic heterocycles. The number of carbonyl (C=O) groups is 3. The van der Waals surface area contributed by atoms with Crippen molar-refractivity contribution >= 4 is 34.5 Å². The van der Waals surface area contributed by atoms with Crippen LogP contribution < -0.4 is 5.32 Å². The lowest BCUT2D eigenvalue weighted by molar-refractivity contribution is -0.384. The van der Waals surface area contributed by atoms with Crippen molar-refractivity contribution in [2.24, 2.45) is 0 Å². The van der Waals surface area contributed by atoms with Gasteiger partial charge in [-0.2, -0.15) is 0 Å². The van der Waals surface area contributed by atoms with Crippen molar-refractivity contribution in [2.45, 2.75) is 13.0 Å². The van der Waals surface area contributed by atoms with E-state index in [-0.39, 0.29) is 54.2 Å². The molecule has 1 aliphatic heterocycles. The maximum atomic E-state index is 12.0. The third kappa shape index (κ3) is 5.02. The van der Waals surface area contributed by atoms with Gasteiger partial charge in [0.2, 0.25) is 11.8 Å². The predicted octanol–water partition coefficient (Wildman–Crippen LogP) is 1.40. The molecule has 0 saturated carbocycles. The van der Waals surface area contributed by atoms with Gasteiger partial charge >= 0.3 is 0 Å². The Morgan fingerprint density at radius 2 is 2.19 bits per heavy atom. The molecule has 1 N–H and O–H groups in total. The molecular formula is C16H20N4O5S. The minimum Gasteiger partial charge on any atom is -0.353 e. The van der Waals surface area contributed by atoms with E-state index in [0.29, 0.717) is 0 Å². The molecule has 1 aliphatic rings. The largest absolute Gasteiger partial charge is 0.353 e. The van der Waals surface area contributed by atoms with Gasteiger partial charge in [-0.3, -0.25) is 34.3 Å². The number of benzene rings is 1. The molecule has 1 heterocycles. The van der Waals surface area contributed by atoms with Crippen LogP contribution in [0.25, 0.3) is 0 Å². The molecule has 0 bridgehead atoms. The molecule has 0 unspecified atom stereocenters. The Hall–Kier alpha value is -2.46. The fourth-order valence-corrected chi connectivity index (χ4v) is 3.23. The number of rotatable bonds is 8. The van der Waals surface area contributed by atoms with Gasteiger partial charge in [0.15, 0.2) is 0 Å². The fourth-order valence-electron chi connectivity index (χ4n) is 2.48. The Labute approximate surface area is 154 Å². The molecule has 1 aromatic rings. The topological polar surface area (TPSA) is 113 Å². The van der Waals surface area contributed by atoms with E-state index in [1.54, 1.807) is 24.1 Å². The van der Waals surface area contributed by atoms with E-state index in [1.807, 2.05) is 6.92 Å². The molecule has 9 nitrogen and oxygen atoms in total. The van der Waals surface area contributed by atoms with Crippen LogP contribution in [0.3, 0.4) is 0 Å². The molecule has 10 heteroatoms. The standard InChI is InChI=1S/C16H20N4O5S/c1-11(12-4-3-5-13(8-12)20(24)25)18(2)9-14(21)17-6-7-19-15(22)10-26-16(19)23/h3-5,8,11H,6-7,9-10H2,1-2H3,(H,17,21)/t11-/m0/s1. The highest BCUT2D eigenvalue weighted by Gasteiger charge is 2.29. The van der Waals surface area contributed by atoms with E-state index in [9.17, 15) is 24.5 Å². The molecule has 1 atom stereocenters. The number of imide groups is 1. The van der Waals surface area contributed by atoms with Crippen LogP contribution >= 0.6 is 11.8 Å². The summed E-state index contributed by atoms with van der Waals surface area (Å²) in [6, 6.07) is 6.09. The van der Waals surface area contributed by atoms with Gasteiger partial charge in [0.05, 0.1) is 17.2 Å². The van der Waals surface area contributed by atoms with Gasteiger partial charge in [0, 0.05) is 31.3 Å². The van der Waals surface area contributed by atoms with Crippen LogP contribution in [0.5, 0.6) is 0 Å². The molecule has 140 valence electrons. The number of hydrogen-bond acceptors (Lipinski definition) is 7. The third-order valence-electron chi connectivity index (χ3n) is 4.12. The summed E-state index contributed by atoms with van der Waals surface area (Å²) in [6.07, 6.45) is 0. The zero-order valence-corrected chi connectivity index (χ0v) is 15.3. The summed E-state index contributed by atoms with van der Waals surface area (Å²) >= 11 is 0.956. The van der Waals surface area contributed by atoms with Gasteiger partial charge in [-0.1, -0.05) is 23.9 Å². The lowest BCUT2D eigenvalue weighted by Gasteiger charge is -2.24. The molecule has 0 radical (unpaired) electrons. The van der Waals surface area contributed by atoms with Crippen LogP contribution in [0.4, 0.5) is 10.5 Å². The maximum Gasteiger partial charge on any atom is 0.288 e. The van der Waals surface area contributed by atoms with Gasteiger partial charge in [-0.15, -0.1) is 0 Å². The highest BCUT2D eigenvalue weighted by molar-refractivity contribution is 8.14. The highest BCUT2D eigenvalue weighted by Crippen LogP contribution is 2.22. The Balaban J connectivity index is 1.82. The number of carbonyl (C=O) groups excluding carboxylic acids is 3. The summed E-state index contributed by atoms with van der Waals surface area (Å²) in [5, 5.41) is 13.3. The normalized spacial score (nSPS) is 15.4. The van der Waals surface area contributed by atoms with Crippen LogP contribution in [0.15, 0.2) is 24.3 Å². The summed E-state index contributed by atoms with van der Waals surface area (Å²) in [7, 11) is 1.74. The van der Waals surface area contributed by atoms with Gasteiger partial charge in [0.25, 0.3) is 10.9 Å². The second kappa shape index (κ2) is 8.77. The van der Waals surface area contributed by atoms with E-state index in [1.165, 1.54) is 12.1 Å². The van der Waals surface area contributed by atoms with E-state index < -0.39 is 4.92 Å². The Morgan fingerprint density at radius 3 is 2.81 bits per heavy atom. The molecule has 0 spiro atoms. The van der Waals surface area contributed by atoms with Crippen LogP contribution in [0.1, 0.15) is 18.5 Å². The quantitative estimate of drug-likeness (QED) is 0.536. The summed E-state index contributed by atoms with van der Waals surface area (Å²) in [4.78, 5) is 48.3. The van der Waals surface area contributed by atoms with E-state index in [2.05, 4.69) is 5.32 Å². The number of non-ortho nitro benzene ring substituents is 1. The number of nitro groups is 1. The first-order valence-electron chi connectivity index (χ1n) is 7.98. The monoisotopic (exact) mass is 380 g/mol. The van der Waals surface area contributed by atoms with Gasteiger partial charge in [-0.25, -0.2) is 0 Å². The van der Waals surface area contributed by atoms with E-state index in [0.717, 1.165) is 22.2 Å². The van der Waals surface area contributed by atoms with Crippen LogP contribution in [0, 0.1) is 10.1 Å². The number of hydrogen-bond donors (Lipinski definition) is 1. The summed E-state index contributed by atoms with van der Waals surface area (Å²) < 4.78 is 0. The summed E-state index contributed by atoms with van der Waals surface area (Å²) in [5.41, 5.74) is 0.741. The van der Waals surface area contributed by atoms with Gasteiger partial charge < -0.3 is 5.32 Å². The Bertz CT molecular complexity index is 710. The molecule has 1 aromatic carbocycles. The number of amides is 3. The van der Waals surface area contributed by atoms with Crippen molar-refractivity contribution in [1.29, 1.82) is 0 Å². The second-order valence-corrected chi connectivity index (χ2v) is 6.82. The first-order valence-corrected chi connectivity index (χ1v) is 8.96. The first-order chi connectivity index (χ1) is 12.3. The number of nitro benzene ring substituents is 1. The lowest BCUT2D eigenvalue weighted by atomic mass is 10.1. The molecule has 0 aliphatic carbocycles. The van der Waals surface area contributed by atoms with Crippen molar-refractivity contribution in [3.8, 4) is 0 Å². The molecule has 3 amide bonds. The number of likely N-dealkylation sites (N-methyl/N-ethyl adjacent to an activating group) is 1. The Morgan fingerprint density at radius 1 is 1.46 bits per heavy atom. The molecule has 1 saturated heterocycles. The van der Waals surface area contributed by atoms with Gasteiger partial charge in [-0.05, 0) is 19.5 Å². The minimum atomic E-state index is -0.456.